The summed E-state index contributed by atoms with van der Waals surface area (Å²) in [6, 6.07) is 7.67. The summed E-state index contributed by atoms with van der Waals surface area (Å²) in [6.07, 6.45) is 6.48. The molecule has 1 nitrogen and oxygen atoms in total. The van der Waals surface area contributed by atoms with E-state index in [1.807, 2.05) is 24.3 Å². The molecule has 0 heterocycles. The molecule has 0 bridgehead atoms. The van der Waals surface area contributed by atoms with Crippen LogP contribution >= 0.6 is 0 Å². The fourth-order valence-electron chi connectivity index (χ4n) is 1.06. The first-order valence-corrected chi connectivity index (χ1v) is 4.96. The molecule has 1 aromatic rings. The molecule has 74 valence electrons. The highest BCUT2D eigenvalue weighted by atomic mass is 16.5. The highest BCUT2D eigenvalue weighted by molar-refractivity contribution is 5.44. The minimum atomic E-state index is 0.570. The van der Waals surface area contributed by atoms with Gasteiger partial charge in [0, 0.05) is 0 Å². The molecule has 0 N–H and O–H groups in total. The molecule has 1 aromatic carbocycles. The predicted octanol–water partition coefficient (Wildman–Crippen LogP) is 3.09. The van der Waals surface area contributed by atoms with Gasteiger partial charge in [-0.05, 0) is 18.1 Å². The second-order valence-corrected chi connectivity index (χ2v) is 3.46. The van der Waals surface area contributed by atoms with Crippen molar-refractivity contribution in [3.63, 3.8) is 0 Å². The zero-order valence-electron chi connectivity index (χ0n) is 8.79. The highest BCUT2D eigenvalue weighted by Crippen LogP contribution is 2.17. The van der Waals surface area contributed by atoms with E-state index in [1.165, 1.54) is 0 Å². The SMILES string of the molecule is C#Cc1ccccc1OC[C@@H](C)CC. The third-order valence-electron chi connectivity index (χ3n) is 2.26. The van der Waals surface area contributed by atoms with E-state index in [0.29, 0.717) is 5.92 Å². The summed E-state index contributed by atoms with van der Waals surface area (Å²) >= 11 is 0. The van der Waals surface area contributed by atoms with Crippen molar-refractivity contribution in [2.24, 2.45) is 5.92 Å². The van der Waals surface area contributed by atoms with Crippen LogP contribution in [0.5, 0.6) is 5.75 Å². The Labute approximate surface area is 86.1 Å². The molecule has 14 heavy (non-hydrogen) atoms. The Morgan fingerprint density at radius 2 is 2.14 bits per heavy atom. The minimum absolute atomic E-state index is 0.570. The third-order valence-corrected chi connectivity index (χ3v) is 2.26. The molecule has 1 heteroatoms. The first kappa shape index (κ1) is 10.7. The van der Waals surface area contributed by atoms with Gasteiger partial charge in [-0.25, -0.2) is 0 Å². The first-order valence-electron chi connectivity index (χ1n) is 4.96. The lowest BCUT2D eigenvalue weighted by Crippen LogP contribution is -2.07. The van der Waals surface area contributed by atoms with Gasteiger partial charge < -0.3 is 4.74 Å². The number of rotatable bonds is 4. The van der Waals surface area contributed by atoms with Gasteiger partial charge in [-0.2, -0.15) is 0 Å². The third kappa shape index (κ3) is 2.81. The standard InChI is InChI=1S/C13H16O/c1-4-11(3)10-14-13-9-7-6-8-12(13)5-2/h2,6-9,11H,4,10H2,1,3H3/t11-/m0/s1. The molecule has 0 aliphatic heterocycles. The summed E-state index contributed by atoms with van der Waals surface area (Å²) in [5.74, 6) is 4.00. The van der Waals surface area contributed by atoms with Crippen molar-refractivity contribution in [3.05, 3.63) is 29.8 Å². The van der Waals surface area contributed by atoms with Crippen molar-refractivity contribution in [2.75, 3.05) is 6.61 Å². The van der Waals surface area contributed by atoms with Gasteiger partial charge in [0.2, 0.25) is 0 Å². The summed E-state index contributed by atoms with van der Waals surface area (Å²) in [4.78, 5) is 0. The largest absolute Gasteiger partial charge is 0.492 e. The van der Waals surface area contributed by atoms with E-state index in [4.69, 9.17) is 11.2 Å². The van der Waals surface area contributed by atoms with Crippen LogP contribution in [-0.2, 0) is 0 Å². The zero-order valence-corrected chi connectivity index (χ0v) is 8.79. The average molecular weight is 188 g/mol. The van der Waals surface area contributed by atoms with Crippen LogP contribution in [0.2, 0.25) is 0 Å². The van der Waals surface area contributed by atoms with E-state index in [0.717, 1.165) is 24.3 Å². The highest BCUT2D eigenvalue weighted by Gasteiger charge is 2.02. The van der Waals surface area contributed by atoms with Crippen molar-refractivity contribution < 1.29 is 4.74 Å². The lowest BCUT2D eigenvalue weighted by molar-refractivity contribution is 0.256. The Morgan fingerprint density at radius 1 is 1.43 bits per heavy atom. The topological polar surface area (TPSA) is 9.23 Å². The molecule has 0 aliphatic carbocycles. The molecular formula is C13H16O. The molecule has 0 aliphatic rings. The van der Waals surface area contributed by atoms with Gasteiger partial charge in [0.05, 0.1) is 12.2 Å². The summed E-state index contributed by atoms with van der Waals surface area (Å²) in [5.41, 5.74) is 0.829. The smallest absolute Gasteiger partial charge is 0.134 e. The Hall–Kier alpha value is -1.42. The van der Waals surface area contributed by atoms with E-state index in [1.54, 1.807) is 0 Å². The summed E-state index contributed by atoms with van der Waals surface area (Å²) in [5, 5.41) is 0. The number of hydrogen-bond donors (Lipinski definition) is 0. The Morgan fingerprint density at radius 3 is 2.79 bits per heavy atom. The van der Waals surface area contributed by atoms with Gasteiger partial charge in [-0.3, -0.25) is 0 Å². The van der Waals surface area contributed by atoms with Crippen molar-refractivity contribution in [2.45, 2.75) is 20.3 Å². The van der Waals surface area contributed by atoms with Gasteiger partial charge in [0.1, 0.15) is 5.75 Å². The number of hydrogen-bond acceptors (Lipinski definition) is 1. The fourth-order valence-corrected chi connectivity index (χ4v) is 1.06. The van der Waals surface area contributed by atoms with E-state index >= 15 is 0 Å². The zero-order chi connectivity index (χ0) is 10.4. The molecule has 0 spiro atoms. The quantitative estimate of drug-likeness (QED) is 0.660. The normalized spacial score (nSPS) is 11.8. The Balaban J connectivity index is 2.63. The molecule has 0 saturated carbocycles. The van der Waals surface area contributed by atoms with Gasteiger partial charge in [0.15, 0.2) is 0 Å². The monoisotopic (exact) mass is 188 g/mol. The van der Waals surface area contributed by atoms with Crippen LogP contribution in [0.25, 0.3) is 0 Å². The van der Waals surface area contributed by atoms with Gasteiger partial charge >= 0.3 is 0 Å². The van der Waals surface area contributed by atoms with Crippen LogP contribution in [0, 0.1) is 18.3 Å². The second-order valence-electron chi connectivity index (χ2n) is 3.46. The van der Waals surface area contributed by atoms with Crippen LogP contribution in [0.3, 0.4) is 0 Å². The van der Waals surface area contributed by atoms with Crippen molar-refractivity contribution >= 4 is 0 Å². The maximum atomic E-state index is 5.64. The molecule has 0 radical (unpaired) electrons. The van der Waals surface area contributed by atoms with Gasteiger partial charge in [0.25, 0.3) is 0 Å². The molecule has 1 rings (SSSR count). The Kier molecular flexibility index (Phi) is 4.07. The van der Waals surface area contributed by atoms with Crippen molar-refractivity contribution in [1.82, 2.24) is 0 Å². The average Bonchev–Trinajstić information content (AvgIpc) is 2.26. The number of para-hydroxylation sites is 1. The predicted molar refractivity (Wildman–Crippen MR) is 59.3 cm³/mol. The number of terminal acetylenes is 1. The summed E-state index contributed by atoms with van der Waals surface area (Å²) < 4.78 is 5.64. The molecule has 0 saturated heterocycles. The van der Waals surface area contributed by atoms with Crippen LogP contribution < -0.4 is 4.74 Å². The lowest BCUT2D eigenvalue weighted by atomic mass is 10.1. The lowest BCUT2D eigenvalue weighted by Gasteiger charge is -2.11. The van der Waals surface area contributed by atoms with Crippen LogP contribution in [0.1, 0.15) is 25.8 Å². The van der Waals surface area contributed by atoms with Crippen LogP contribution in [0.4, 0.5) is 0 Å². The number of benzene rings is 1. The van der Waals surface area contributed by atoms with Crippen molar-refractivity contribution in [1.29, 1.82) is 0 Å². The Bertz CT molecular complexity index is 322. The minimum Gasteiger partial charge on any atom is -0.492 e. The van der Waals surface area contributed by atoms with Gasteiger partial charge in [-0.1, -0.05) is 38.3 Å². The first-order chi connectivity index (χ1) is 6.77. The fraction of sp³-hybridized carbons (Fsp3) is 0.385. The molecule has 0 unspecified atom stereocenters. The number of ether oxygens (including phenoxy) is 1. The molecule has 0 aromatic heterocycles. The maximum absolute atomic E-state index is 5.64. The van der Waals surface area contributed by atoms with Crippen molar-refractivity contribution in [3.8, 4) is 18.1 Å². The van der Waals surface area contributed by atoms with E-state index in [-0.39, 0.29) is 0 Å². The molecule has 1 atom stereocenters. The maximum Gasteiger partial charge on any atom is 0.134 e. The molecule has 0 amide bonds. The second kappa shape index (κ2) is 5.34. The summed E-state index contributed by atoms with van der Waals surface area (Å²) in [7, 11) is 0. The van der Waals surface area contributed by atoms with Gasteiger partial charge in [-0.15, -0.1) is 6.42 Å². The molecule has 0 fully saturated rings. The van der Waals surface area contributed by atoms with E-state index in [9.17, 15) is 0 Å². The van der Waals surface area contributed by atoms with E-state index < -0.39 is 0 Å². The van der Waals surface area contributed by atoms with Crippen LogP contribution in [-0.4, -0.2) is 6.61 Å². The van der Waals surface area contributed by atoms with Crippen LogP contribution in [0.15, 0.2) is 24.3 Å². The molecular weight excluding hydrogens is 172 g/mol. The summed E-state index contributed by atoms with van der Waals surface area (Å²) in [6.45, 7) is 5.05. The van der Waals surface area contributed by atoms with E-state index in [2.05, 4.69) is 19.8 Å².